The smallest absolute Gasteiger partial charge is 0.249 e. The Morgan fingerprint density at radius 2 is 1.83 bits per heavy atom. The molecule has 0 aromatic heterocycles. The van der Waals surface area contributed by atoms with E-state index in [1.807, 2.05) is 44.2 Å². The summed E-state index contributed by atoms with van der Waals surface area (Å²) in [7, 11) is 0. The van der Waals surface area contributed by atoms with Gasteiger partial charge in [-0.1, -0.05) is 44.2 Å². The molecule has 1 aliphatic rings. The lowest BCUT2D eigenvalue weighted by molar-refractivity contribution is -0.134. The lowest BCUT2D eigenvalue weighted by Gasteiger charge is -2.32. The van der Waals surface area contributed by atoms with Crippen LogP contribution in [-0.2, 0) is 10.3 Å². The van der Waals surface area contributed by atoms with Gasteiger partial charge in [0, 0.05) is 0 Å². The summed E-state index contributed by atoms with van der Waals surface area (Å²) >= 11 is 0. The number of carbonyl (C=O) groups is 1. The Labute approximate surface area is 108 Å². The summed E-state index contributed by atoms with van der Waals surface area (Å²) in [6.45, 7) is 8.22. The molecule has 0 spiro atoms. The Morgan fingerprint density at radius 1 is 1.22 bits per heavy atom. The largest absolute Gasteiger partial charge is 0.272 e. The van der Waals surface area contributed by atoms with Crippen molar-refractivity contribution in [2.24, 2.45) is 11.0 Å². The zero-order valence-corrected chi connectivity index (χ0v) is 11.5. The fraction of sp³-hybridized carbons (Fsp3) is 0.467. The molecule has 2 rings (SSSR count). The van der Waals surface area contributed by atoms with Crippen LogP contribution in [0.15, 0.2) is 35.4 Å². The number of carbonyl (C=O) groups excluding carboxylic acids is 1. The van der Waals surface area contributed by atoms with Crippen molar-refractivity contribution in [2.45, 2.75) is 39.7 Å². The lowest BCUT2D eigenvalue weighted by Crippen LogP contribution is -2.39. The van der Waals surface area contributed by atoms with Crippen molar-refractivity contribution in [1.29, 1.82) is 0 Å². The molecule has 0 N–H and O–H groups in total. The van der Waals surface area contributed by atoms with Crippen molar-refractivity contribution < 1.29 is 4.79 Å². The highest BCUT2D eigenvalue weighted by Gasteiger charge is 2.37. The number of rotatable bonds is 3. The van der Waals surface area contributed by atoms with Gasteiger partial charge in [-0.15, -0.1) is 0 Å². The minimum Gasteiger partial charge on any atom is -0.272 e. The molecular weight excluding hydrogens is 224 g/mol. The van der Waals surface area contributed by atoms with Gasteiger partial charge < -0.3 is 0 Å². The van der Waals surface area contributed by atoms with E-state index < -0.39 is 5.54 Å². The van der Waals surface area contributed by atoms with Gasteiger partial charge in [0.25, 0.3) is 0 Å². The van der Waals surface area contributed by atoms with Crippen LogP contribution in [0.4, 0.5) is 0 Å². The first-order valence-electron chi connectivity index (χ1n) is 6.39. The van der Waals surface area contributed by atoms with E-state index >= 15 is 0 Å². The highest BCUT2D eigenvalue weighted by atomic mass is 16.2. The summed E-state index contributed by atoms with van der Waals surface area (Å²) in [4.78, 5) is 12.1. The van der Waals surface area contributed by atoms with Gasteiger partial charge in [-0.25, -0.2) is 5.01 Å². The molecule has 0 fully saturated rings. The molecule has 3 heteroatoms. The average molecular weight is 244 g/mol. The van der Waals surface area contributed by atoms with E-state index in [2.05, 4.69) is 18.9 Å². The molecule has 1 aromatic carbocycles. The highest BCUT2D eigenvalue weighted by molar-refractivity contribution is 6.06. The first-order chi connectivity index (χ1) is 8.43. The van der Waals surface area contributed by atoms with Crippen molar-refractivity contribution in [3.63, 3.8) is 0 Å². The Bertz CT molecular complexity index is 475. The maximum atomic E-state index is 12.1. The average Bonchev–Trinajstić information content (AvgIpc) is 2.73. The van der Waals surface area contributed by atoms with Crippen molar-refractivity contribution >= 4 is 11.6 Å². The van der Waals surface area contributed by atoms with Gasteiger partial charge >= 0.3 is 0 Å². The molecule has 1 heterocycles. The summed E-state index contributed by atoms with van der Waals surface area (Å²) in [6, 6.07) is 10.0. The summed E-state index contributed by atoms with van der Waals surface area (Å²) in [5, 5.41) is 6.15. The normalized spacial score (nSPS) is 16.4. The van der Waals surface area contributed by atoms with Crippen molar-refractivity contribution in [3.05, 3.63) is 35.9 Å². The second kappa shape index (κ2) is 4.56. The molecule has 1 amide bonds. The van der Waals surface area contributed by atoms with Crippen LogP contribution in [-0.4, -0.2) is 16.6 Å². The van der Waals surface area contributed by atoms with E-state index in [4.69, 9.17) is 0 Å². The minimum atomic E-state index is -0.394. The molecular formula is C15H20N2O. The lowest BCUT2D eigenvalue weighted by atomic mass is 9.93. The third kappa shape index (κ3) is 2.17. The van der Waals surface area contributed by atoms with Crippen LogP contribution < -0.4 is 0 Å². The van der Waals surface area contributed by atoms with Gasteiger partial charge in [-0.05, 0) is 25.3 Å². The third-order valence-corrected chi connectivity index (χ3v) is 3.47. The monoisotopic (exact) mass is 244 g/mol. The fourth-order valence-corrected chi connectivity index (χ4v) is 2.17. The molecule has 0 bridgehead atoms. The van der Waals surface area contributed by atoms with Crippen LogP contribution in [0, 0.1) is 5.92 Å². The Hall–Kier alpha value is -1.64. The van der Waals surface area contributed by atoms with Crippen LogP contribution in [0.1, 0.15) is 39.7 Å². The van der Waals surface area contributed by atoms with Gasteiger partial charge in [0.1, 0.15) is 0 Å². The molecule has 0 atom stereocenters. The fourth-order valence-electron chi connectivity index (χ4n) is 2.17. The predicted octanol–water partition coefficient (Wildman–Crippen LogP) is 3.17. The van der Waals surface area contributed by atoms with E-state index in [0.717, 1.165) is 11.3 Å². The number of nitrogens with zero attached hydrogens (tertiary/aromatic N) is 2. The third-order valence-electron chi connectivity index (χ3n) is 3.47. The van der Waals surface area contributed by atoms with E-state index in [0.29, 0.717) is 12.3 Å². The Balaban J connectivity index is 2.34. The van der Waals surface area contributed by atoms with Crippen LogP contribution in [0.2, 0.25) is 0 Å². The van der Waals surface area contributed by atoms with Gasteiger partial charge in [0.15, 0.2) is 0 Å². The van der Waals surface area contributed by atoms with Gasteiger partial charge in [-0.3, -0.25) is 4.79 Å². The number of benzene rings is 1. The van der Waals surface area contributed by atoms with Crippen LogP contribution >= 0.6 is 0 Å². The molecule has 3 nitrogen and oxygen atoms in total. The van der Waals surface area contributed by atoms with E-state index in [1.165, 1.54) is 0 Å². The predicted molar refractivity (Wildman–Crippen MR) is 73.2 cm³/mol. The van der Waals surface area contributed by atoms with E-state index in [9.17, 15) is 4.79 Å². The molecule has 1 aromatic rings. The highest BCUT2D eigenvalue weighted by Crippen LogP contribution is 2.32. The number of amides is 1. The summed E-state index contributed by atoms with van der Waals surface area (Å²) in [5.41, 5.74) is 1.69. The summed E-state index contributed by atoms with van der Waals surface area (Å²) < 4.78 is 0. The SMILES string of the molecule is CC(C)C1=NN(C(C)(C)c2ccccc2)C(=O)C1. The summed E-state index contributed by atoms with van der Waals surface area (Å²) in [6.07, 6.45) is 0.452. The summed E-state index contributed by atoms with van der Waals surface area (Å²) in [5.74, 6) is 0.415. The van der Waals surface area contributed by atoms with Crippen LogP contribution in [0.5, 0.6) is 0 Å². The molecule has 0 aliphatic carbocycles. The van der Waals surface area contributed by atoms with Crippen LogP contribution in [0.3, 0.4) is 0 Å². The molecule has 0 saturated heterocycles. The first-order valence-corrected chi connectivity index (χ1v) is 6.39. The maximum Gasteiger partial charge on any atom is 0.249 e. The van der Waals surface area contributed by atoms with Gasteiger partial charge in [-0.2, -0.15) is 5.10 Å². The first kappa shape index (κ1) is 12.8. The molecule has 96 valence electrons. The Kier molecular flexibility index (Phi) is 3.24. The maximum absolute atomic E-state index is 12.1. The topological polar surface area (TPSA) is 32.7 Å². The number of hydrogen-bond acceptors (Lipinski definition) is 2. The minimum absolute atomic E-state index is 0.0903. The molecule has 0 radical (unpaired) electrons. The van der Waals surface area contributed by atoms with Crippen molar-refractivity contribution in [2.75, 3.05) is 0 Å². The zero-order valence-electron chi connectivity index (χ0n) is 11.5. The van der Waals surface area contributed by atoms with E-state index in [-0.39, 0.29) is 5.91 Å². The van der Waals surface area contributed by atoms with Gasteiger partial charge in [0.2, 0.25) is 5.91 Å². The standard InChI is InChI=1S/C15H20N2O/c1-11(2)13-10-14(18)17(16-13)15(3,4)12-8-6-5-7-9-12/h5-9,11H,10H2,1-4H3. The van der Waals surface area contributed by atoms with Crippen molar-refractivity contribution in [1.82, 2.24) is 5.01 Å². The van der Waals surface area contributed by atoms with Crippen molar-refractivity contribution in [3.8, 4) is 0 Å². The van der Waals surface area contributed by atoms with Crippen LogP contribution in [0.25, 0.3) is 0 Å². The quantitative estimate of drug-likeness (QED) is 0.803. The molecule has 18 heavy (non-hydrogen) atoms. The second-order valence-electron chi connectivity index (χ2n) is 5.55. The van der Waals surface area contributed by atoms with E-state index in [1.54, 1.807) is 5.01 Å². The number of hydrogen-bond donors (Lipinski definition) is 0. The Morgan fingerprint density at radius 3 is 2.33 bits per heavy atom. The molecule has 0 saturated carbocycles. The van der Waals surface area contributed by atoms with Gasteiger partial charge in [0.05, 0.1) is 17.7 Å². The number of hydrazone groups is 1. The zero-order chi connectivity index (χ0) is 13.3. The second-order valence-corrected chi connectivity index (χ2v) is 5.55. The molecule has 0 unspecified atom stereocenters. The molecule has 1 aliphatic heterocycles.